The van der Waals surface area contributed by atoms with Crippen LogP contribution in [0.15, 0.2) is 18.2 Å². The zero-order valence-corrected chi connectivity index (χ0v) is 7.52. The molecule has 0 unspecified atom stereocenters. The lowest BCUT2D eigenvalue weighted by atomic mass is 10.2. The minimum atomic E-state index is 0.776. The molecule has 2 rings (SSSR count). The Morgan fingerprint density at radius 3 is 3.08 bits per heavy atom. The van der Waals surface area contributed by atoms with Gasteiger partial charge in [0, 0.05) is 5.39 Å². The summed E-state index contributed by atoms with van der Waals surface area (Å²) < 4.78 is 0. The Morgan fingerprint density at radius 1 is 1.50 bits per heavy atom. The summed E-state index contributed by atoms with van der Waals surface area (Å²) in [6.07, 6.45) is 0.906. The maximum atomic E-state index is 6.02. The van der Waals surface area contributed by atoms with Crippen molar-refractivity contribution in [3.63, 3.8) is 0 Å². The van der Waals surface area contributed by atoms with Gasteiger partial charge in [-0.3, -0.25) is 5.10 Å². The van der Waals surface area contributed by atoms with Crippen molar-refractivity contribution in [1.29, 1.82) is 0 Å². The molecule has 0 radical (unpaired) electrons. The van der Waals surface area contributed by atoms with Crippen LogP contribution in [0.4, 0.5) is 0 Å². The average molecular weight is 181 g/mol. The van der Waals surface area contributed by atoms with E-state index >= 15 is 0 Å². The molecule has 0 aliphatic carbocycles. The molecule has 0 aliphatic rings. The number of fused-ring (bicyclic) bond motifs is 1. The van der Waals surface area contributed by atoms with Crippen molar-refractivity contribution >= 4 is 22.5 Å². The molecule has 2 nitrogen and oxygen atoms in total. The summed E-state index contributed by atoms with van der Waals surface area (Å²) in [4.78, 5) is 0. The van der Waals surface area contributed by atoms with Gasteiger partial charge in [-0.25, -0.2) is 0 Å². The van der Waals surface area contributed by atoms with Gasteiger partial charge in [-0.15, -0.1) is 0 Å². The van der Waals surface area contributed by atoms with Gasteiger partial charge in [-0.05, 0) is 18.6 Å². The smallest absolute Gasteiger partial charge is 0.0713 e. The molecule has 0 aliphatic heterocycles. The summed E-state index contributed by atoms with van der Waals surface area (Å²) in [6.45, 7) is 2.07. The van der Waals surface area contributed by atoms with Crippen LogP contribution >= 0.6 is 11.6 Å². The molecule has 0 bridgehead atoms. The third-order valence-electron chi connectivity index (χ3n) is 1.95. The predicted molar refractivity (Wildman–Crippen MR) is 50.5 cm³/mol. The van der Waals surface area contributed by atoms with E-state index in [0.29, 0.717) is 0 Å². The van der Waals surface area contributed by atoms with Gasteiger partial charge in [0.25, 0.3) is 0 Å². The first-order chi connectivity index (χ1) is 5.83. The maximum absolute atomic E-state index is 6.02. The summed E-state index contributed by atoms with van der Waals surface area (Å²) >= 11 is 6.02. The lowest BCUT2D eigenvalue weighted by Gasteiger charge is -1.93. The number of benzene rings is 1. The van der Waals surface area contributed by atoms with Crippen LogP contribution in [0.2, 0.25) is 5.02 Å². The van der Waals surface area contributed by atoms with Crippen molar-refractivity contribution < 1.29 is 0 Å². The Hall–Kier alpha value is -1.02. The number of nitrogens with zero attached hydrogens (tertiary/aromatic N) is 1. The van der Waals surface area contributed by atoms with Crippen LogP contribution in [0, 0.1) is 0 Å². The van der Waals surface area contributed by atoms with Gasteiger partial charge in [0.05, 0.1) is 16.2 Å². The highest BCUT2D eigenvalue weighted by Crippen LogP contribution is 2.24. The van der Waals surface area contributed by atoms with E-state index in [4.69, 9.17) is 11.6 Å². The molecule has 12 heavy (non-hydrogen) atoms. The van der Waals surface area contributed by atoms with E-state index in [0.717, 1.165) is 28.0 Å². The molecule has 0 amide bonds. The Kier molecular flexibility index (Phi) is 1.77. The number of hydrogen-bond acceptors (Lipinski definition) is 1. The molecule has 1 N–H and O–H groups in total. The summed E-state index contributed by atoms with van der Waals surface area (Å²) in [5.41, 5.74) is 2.05. The Labute approximate surface area is 75.5 Å². The Balaban J connectivity index is 2.83. The second-order valence-corrected chi connectivity index (χ2v) is 3.09. The van der Waals surface area contributed by atoms with E-state index in [1.807, 2.05) is 18.2 Å². The molecule has 0 saturated carbocycles. The van der Waals surface area contributed by atoms with Crippen LogP contribution in [0.1, 0.15) is 12.6 Å². The standard InChI is InChI=1S/C9H9ClN2/c1-2-7-9-6(10)4-3-5-8(9)12-11-7/h3-5H,2H2,1H3,(H,11,12). The maximum Gasteiger partial charge on any atom is 0.0713 e. The number of rotatable bonds is 1. The predicted octanol–water partition coefficient (Wildman–Crippen LogP) is 2.78. The van der Waals surface area contributed by atoms with E-state index in [9.17, 15) is 0 Å². The van der Waals surface area contributed by atoms with Crippen molar-refractivity contribution in [2.75, 3.05) is 0 Å². The highest BCUT2D eigenvalue weighted by Gasteiger charge is 2.05. The Bertz CT molecular complexity index is 406. The number of aryl methyl sites for hydroxylation is 1. The van der Waals surface area contributed by atoms with Crippen LogP contribution in [-0.4, -0.2) is 10.2 Å². The molecule has 1 aromatic heterocycles. The van der Waals surface area contributed by atoms with Crippen molar-refractivity contribution in [3.8, 4) is 0 Å². The number of aromatic amines is 1. The second kappa shape index (κ2) is 2.79. The number of H-pyrrole nitrogens is 1. The molecular formula is C9H9ClN2. The van der Waals surface area contributed by atoms with Crippen LogP contribution in [0.25, 0.3) is 10.9 Å². The third-order valence-corrected chi connectivity index (χ3v) is 2.26. The van der Waals surface area contributed by atoms with Crippen molar-refractivity contribution in [1.82, 2.24) is 10.2 Å². The molecule has 1 heterocycles. The highest BCUT2D eigenvalue weighted by molar-refractivity contribution is 6.35. The van der Waals surface area contributed by atoms with E-state index in [-0.39, 0.29) is 0 Å². The average Bonchev–Trinajstić information content (AvgIpc) is 2.49. The van der Waals surface area contributed by atoms with E-state index in [1.165, 1.54) is 0 Å². The van der Waals surface area contributed by atoms with Crippen molar-refractivity contribution in [2.45, 2.75) is 13.3 Å². The molecule has 0 saturated heterocycles. The molecule has 0 atom stereocenters. The van der Waals surface area contributed by atoms with Gasteiger partial charge in [-0.2, -0.15) is 5.10 Å². The zero-order valence-electron chi connectivity index (χ0n) is 6.76. The minimum Gasteiger partial charge on any atom is -0.277 e. The SMILES string of the molecule is CCc1n[nH]c2cccc(Cl)c12. The van der Waals surface area contributed by atoms with Gasteiger partial charge in [-0.1, -0.05) is 24.6 Å². The zero-order chi connectivity index (χ0) is 8.55. The molecule has 1 aromatic carbocycles. The van der Waals surface area contributed by atoms with Crippen LogP contribution in [0.5, 0.6) is 0 Å². The van der Waals surface area contributed by atoms with Gasteiger partial charge in [0.2, 0.25) is 0 Å². The van der Waals surface area contributed by atoms with Crippen LogP contribution < -0.4 is 0 Å². The molecule has 0 spiro atoms. The number of aromatic nitrogens is 2. The summed E-state index contributed by atoms with van der Waals surface area (Å²) in [6, 6.07) is 5.79. The first-order valence-corrected chi connectivity index (χ1v) is 4.32. The highest BCUT2D eigenvalue weighted by atomic mass is 35.5. The molecule has 62 valence electrons. The van der Waals surface area contributed by atoms with Gasteiger partial charge in [0.15, 0.2) is 0 Å². The van der Waals surface area contributed by atoms with Gasteiger partial charge in [0.1, 0.15) is 0 Å². The summed E-state index contributed by atoms with van der Waals surface area (Å²) in [5.74, 6) is 0. The molecule has 3 heteroatoms. The topological polar surface area (TPSA) is 28.7 Å². The first-order valence-electron chi connectivity index (χ1n) is 3.94. The Morgan fingerprint density at radius 2 is 2.33 bits per heavy atom. The fourth-order valence-corrected chi connectivity index (χ4v) is 1.63. The summed E-state index contributed by atoms with van der Waals surface area (Å²) in [5, 5.41) is 8.94. The third kappa shape index (κ3) is 0.994. The van der Waals surface area contributed by atoms with Crippen molar-refractivity contribution in [2.24, 2.45) is 0 Å². The van der Waals surface area contributed by atoms with E-state index < -0.39 is 0 Å². The van der Waals surface area contributed by atoms with Crippen LogP contribution in [0.3, 0.4) is 0 Å². The van der Waals surface area contributed by atoms with E-state index in [1.54, 1.807) is 0 Å². The summed E-state index contributed by atoms with van der Waals surface area (Å²) in [7, 11) is 0. The molecule has 2 aromatic rings. The largest absolute Gasteiger partial charge is 0.277 e. The quantitative estimate of drug-likeness (QED) is 0.719. The molecule has 0 fully saturated rings. The van der Waals surface area contributed by atoms with E-state index in [2.05, 4.69) is 17.1 Å². The number of halogens is 1. The monoisotopic (exact) mass is 180 g/mol. The lowest BCUT2D eigenvalue weighted by Crippen LogP contribution is -1.79. The number of nitrogens with one attached hydrogen (secondary N) is 1. The van der Waals surface area contributed by atoms with Gasteiger partial charge >= 0.3 is 0 Å². The molecular weight excluding hydrogens is 172 g/mol. The lowest BCUT2D eigenvalue weighted by molar-refractivity contribution is 0.988. The number of hydrogen-bond donors (Lipinski definition) is 1. The normalized spacial score (nSPS) is 10.8. The van der Waals surface area contributed by atoms with Crippen LogP contribution in [-0.2, 0) is 6.42 Å². The van der Waals surface area contributed by atoms with Crippen molar-refractivity contribution in [3.05, 3.63) is 28.9 Å². The first kappa shape index (κ1) is 7.62. The fourth-order valence-electron chi connectivity index (χ4n) is 1.35. The second-order valence-electron chi connectivity index (χ2n) is 2.69. The fraction of sp³-hybridized carbons (Fsp3) is 0.222. The van der Waals surface area contributed by atoms with Gasteiger partial charge < -0.3 is 0 Å². The minimum absolute atomic E-state index is 0.776.